The number of hydrogen-bond acceptors (Lipinski definition) is 3. The zero-order valence-electron chi connectivity index (χ0n) is 16.4. The van der Waals surface area contributed by atoms with E-state index in [1.165, 1.54) is 22.8 Å². The minimum Gasteiger partial charge on any atom is -0.505 e. The third-order valence-corrected chi connectivity index (χ3v) is 6.29. The fraction of sp³-hybridized carbons (Fsp3) is 0.304. The summed E-state index contributed by atoms with van der Waals surface area (Å²) in [4.78, 5) is 25.6. The molecule has 3 aromatic rings. The van der Waals surface area contributed by atoms with Crippen molar-refractivity contribution in [3.63, 3.8) is 0 Å². The van der Waals surface area contributed by atoms with E-state index in [4.69, 9.17) is 11.6 Å². The Morgan fingerprint density at radius 1 is 1.20 bits per heavy atom. The number of fused-ring (bicyclic) bond motifs is 1. The van der Waals surface area contributed by atoms with Crippen LogP contribution < -0.4 is 0 Å². The van der Waals surface area contributed by atoms with Gasteiger partial charge in [-0.3, -0.25) is 14.2 Å². The van der Waals surface area contributed by atoms with Crippen molar-refractivity contribution < 1.29 is 24.2 Å². The summed E-state index contributed by atoms with van der Waals surface area (Å²) < 4.78 is 16.4. The van der Waals surface area contributed by atoms with Crippen molar-refractivity contribution in [1.82, 2.24) is 4.57 Å². The fourth-order valence-electron chi connectivity index (χ4n) is 4.72. The maximum Gasteiger partial charge on any atom is 0.311 e. The van der Waals surface area contributed by atoms with Gasteiger partial charge < -0.3 is 10.2 Å². The molecule has 30 heavy (non-hydrogen) atoms. The molecule has 4 rings (SSSR count). The highest BCUT2D eigenvalue weighted by Gasteiger charge is 2.37. The lowest BCUT2D eigenvalue weighted by Crippen LogP contribution is -2.21. The van der Waals surface area contributed by atoms with Crippen LogP contribution >= 0.6 is 11.6 Å². The second kappa shape index (κ2) is 7.76. The predicted molar refractivity (Wildman–Crippen MR) is 112 cm³/mol. The number of aliphatic carboxylic acids is 1. The highest BCUT2D eigenvalue weighted by molar-refractivity contribution is 6.31. The van der Waals surface area contributed by atoms with Crippen LogP contribution in [0.2, 0.25) is 5.02 Å². The normalized spacial score (nSPS) is 15.6. The molecule has 1 aliphatic rings. The lowest BCUT2D eigenvalue weighted by molar-refractivity contribution is -0.140. The summed E-state index contributed by atoms with van der Waals surface area (Å²) in [7, 11) is 0. The van der Waals surface area contributed by atoms with E-state index >= 15 is 4.39 Å². The number of hydrogen-bond donors (Lipinski definition) is 2. The Bertz CT molecular complexity index is 1160. The fourth-order valence-corrected chi connectivity index (χ4v) is 4.91. The molecule has 0 spiro atoms. The number of nitrogens with zero attached hydrogens (tertiary/aromatic N) is 1. The van der Waals surface area contributed by atoms with Crippen molar-refractivity contribution in [1.29, 1.82) is 0 Å². The quantitative estimate of drug-likeness (QED) is 0.574. The summed E-state index contributed by atoms with van der Waals surface area (Å²) in [5.74, 6) is -4.09. The third kappa shape index (κ3) is 3.25. The summed E-state index contributed by atoms with van der Waals surface area (Å²) in [5, 5.41) is 20.4. The Kier molecular flexibility index (Phi) is 5.28. The van der Waals surface area contributed by atoms with Crippen LogP contribution in [0.15, 0.2) is 36.4 Å². The second-order valence-corrected chi connectivity index (χ2v) is 8.24. The molecule has 0 aliphatic heterocycles. The van der Waals surface area contributed by atoms with Gasteiger partial charge in [0, 0.05) is 21.7 Å². The van der Waals surface area contributed by atoms with Crippen molar-refractivity contribution in [2.45, 2.75) is 38.5 Å². The zero-order chi connectivity index (χ0) is 21.6. The number of carbonyl (C=O) groups is 2. The molecule has 1 atom stereocenters. The molecule has 156 valence electrons. The number of carboxylic acids is 1. The van der Waals surface area contributed by atoms with Gasteiger partial charge >= 0.3 is 5.97 Å². The molecule has 2 aromatic carbocycles. The van der Waals surface area contributed by atoms with Gasteiger partial charge in [-0.1, -0.05) is 30.5 Å². The SMILES string of the molecule is Cc1c(C(C(=O)O)C2CCCC2)c2c(F)c(O)ccc2n1C(=O)c1cccc(Cl)c1. The Balaban J connectivity index is 2.01. The number of phenols is 1. The zero-order valence-corrected chi connectivity index (χ0v) is 17.1. The average Bonchev–Trinajstić information content (AvgIpc) is 3.32. The van der Waals surface area contributed by atoms with Gasteiger partial charge in [-0.05, 0) is 61.6 Å². The van der Waals surface area contributed by atoms with Gasteiger partial charge in [0.2, 0.25) is 0 Å². The number of aromatic nitrogens is 1. The molecule has 1 aromatic heterocycles. The van der Waals surface area contributed by atoms with Crippen molar-refractivity contribution in [2.24, 2.45) is 5.92 Å². The van der Waals surface area contributed by atoms with Gasteiger partial charge in [0.25, 0.3) is 5.91 Å². The molecule has 0 saturated heterocycles. The number of carbonyl (C=O) groups excluding carboxylic acids is 1. The van der Waals surface area contributed by atoms with E-state index < -0.39 is 29.4 Å². The molecule has 0 radical (unpaired) electrons. The predicted octanol–water partition coefficient (Wildman–Crippen LogP) is 5.49. The van der Waals surface area contributed by atoms with E-state index in [0.717, 1.165) is 25.7 Å². The summed E-state index contributed by atoms with van der Waals surface area (Å²) in [6, 6.07) is 9.01. The van der Waals surface area contributed by atoms with Crippen LogP contribution in [0.25, 0.3) is 10.9 Å². The Morgan fingerprint density at radius 3 is 2.53 bits per heavy atom. The van der Waals surface area contributed by atoms with Crippen molar-refractivity contribution >= 4 is 34.4 Å². The topological polar surface area (TPSA) is 79.5 Å². The number of rotatable bonds is 4. The summed E-state index contributed by atoms with van der Waals surface area (Å²) in [6.07, 6.45) is 3.29. The average molecular weight is 430 g/mol. The largest absolute Gasteiger partial charge is 0.505 e. The first-order chi connectivity index (χ1) is 14.3. The highest BCUT2D eigenvalue weighted by atomic mass is 35.5. The number of phenolic OH excluding ortho intramolecular Hbond substituents is 1. The molecule has 0 amide bonds. The molecular formula is C23H21ClFNO4. The van der Waals surface area contributed by atoms with Crippen LogP contribution in [0.4, 0.5) is 4.39 Å². The number of halogens is 2. The molecule has 1 heterocycles. The van der Waals surface area contributed by atoms with E-state index in [9.17, 15) is 19.8 Å². The van der Waals surface area contributed by atoms with Crippen molar-refractivity contribution in [3.8, 4) is 5.75 Å². The number of benzene rings is 2. The Labute approximate surface area is 177 Å². The van der Waals surface area contributed by atoms with Gasteiger partial charge in [0.15, 0.2) is 11.6 Å². The molecular weight excluding hydrogens is 409 g/mol. The van der Waals surface area contributed by atoms with Gasteiger partial charge in [0.1, 0.15) is 0 Å². The lowest BCUT2D eigenvalue weighted by atomic mass is 9.83. The summed E-state index contributed by atoms with van der Waals surface area (Å²) >= 11 is 6.03. The smallest absolute Gasteiger partial charge is 0.311 e. The van der Waals surface area contributed by atoms with Crippen LogP contribution in [0.1, 0.15) is 53.2 Å². The van der Waals surface area contributed by atoms with Crippen molar-refractivity contribution in [2.75, 3.05) is 0 Å². The Hall–Kier alpha value is -2.86. The summed E-state index contributed by atoms with van der Waals surface area (Å²) in [6.45, 7) is 1.62. The monoisotopic (exact) mass is 429 g/mol. The number of aromatic hydroxyl groups is 1. The first-order valence-corrected chi connectivity index (χ1v) is 10.2. The molecule has 2 N–H and O–H groups in total. The Morgan fingerprint density at radius 2 is 1.90 bits per heavy atom. The van der Waals surface area contributed by atoms with E-state index in [1.807, 2.05) is 0 Å². The van der Waals surface area contributed by atoms with E-state index in [-0.39, 0.29) is 22.4 Å². The van der Waals surface area contributed by atoms with Crippen LogP contribution in [-0.2, 0) is 4.79 Å². The maximum atomic E-state index is 15.1. The van der Waals surface area contributed by atoms with E-state index in [0.29, 0.717) is 16.3 Å². The van der Waals surface area contributed by atoms with Gasteiger partial charge in [-0.25, -0.2) is 4.39 Å². The van der Waals surface area contributed by atoms with Crippen LogP contribution in [0.5, 0.6) is 5.75 Å². The minimum absolute atomic E-state index is 0.0119. The molecule has 1 aliphatic carbocycles. The molecule has 0 bridgehead atoms. The second-order valence-electron chi connectivity index (χ2n) is 7.80. The maximum absolute atomic E-state index is 15.1. The van der Waals surface area contributed by atoms with Gasteiger partial charge in [-0.15, -0.1) is 0 Å². The molecule has 1 saturated carbocycles. The highest BCUT2D eigenvalue weighted by Crippen LogP contribution is 2.44. The van der Waals surface area contributed by atoms with Crippen LogP contribution in [0.3, 0.4) is 0 Å². The minimum atomic E-state index is -1.05. The van der Waals surface area contributed by atoms with Crippen LogP contribution in [-0.4, -0.2) is 26.7 Å². The van der Waals surface area contributed by atoms with Crippen molar-refractivity contribution in [3.05, 3.63) is 64.1 Å². The van der Waals surface area contributed by atoms with Gasteiger partial charge in [0.05, 0.1) is 11.4 Å². The first kappa shape index (κ1) is 20.4. The molecule has 1 fully saturated rings. The first-order valence-electron chi connectivity index (χ1n) is 9.86. The summed E-state index contributed by atoms with van der Waals surface area (Å²) in [5.41, 5.74) is 1.15. The molecule has 7 heteroatoms. The molecule has 1 unspecified atom stereocenters. The van der Waals surface area contributed by atoms with Crippen LogP contribution in [0, 0.1) is 18.7 Å². The number of carboxylic acid groups (broad SMARTS) is 1. The van der Waals surface area contributed by atoms with Gasteiger partial charge in [-0.2, -0.15) is 0 Å². The standard InChI is InChI=1S/C23H21ClFNO4/c1-12-18(19(23(29)30)13-5-2-3-6-13)20-16(9-10-17(27)21(20)25)26(12)22(28)14-7-4-8-15(24)11-14/h4,7-11,13,19,27H,2-3,5-6H2,1H3,(H,29,30). The molecule has 5 nitrogen and oxygen atoms in total. The van der Waals surface area contributed by atoms with E-state index in [1.54, 1.807) is 25.1 Å². The lowest BCUT2D eigenvalue weighted by Gasteiger charge is -2.20. The third-order valence-electron chi connectivity index (χ3n) is 6.06. The van der Waals surface area contributed by atoms with E-state index in [2.05, 4.69) is 0 Å².